The van der Waals surface area contributed by atoms with Gasteiger partial charge in [-0.25, -0.2) is 9.78 Å². The number of esters is 1. The second-order valence-corrected chi connectivity index (χ2v) is 9.16. The Kier molecular flexibility index (Phi) is 7.24. The molecule has 2 aromatic heterocycles. The fraction of sp³-hybridized carbons (Fsp3) is 0.250. The summed E-state index contributed by atoms with van der Waals surface area (Å²) in [5.41, 5.74) is 1.45. The highest BCUT2D eigenvalue weighted by atomic mass is 32.2. The summed E-state index contributed by atoms with van der Waals surface area (Å²) in [5.74, 6) is -0.0443. The van der Waals surface area contributed by atoms with Crippen LogP contribution in [0.2, 0.25) is 0 Å². The average Bonchev–Trinajstić information content (AvgIpc) is 3.36. The molecule has 0 aliphatic rings. The quantitative estimate of drug-likeness (QED) is 0.384. The standard InChI is InChI=1S/C20H20N2O3S3/c1-14-21-15(12-27-14)13-28-18-8-4-3-7-17(18)20(24)25-11-19(23)22(2)10-16-6-5-9-26-16/h3-9,12H,10-11,13H2,1-2H3. The third-order valence-corrected chi connectivity index (χ3v) is 6.67. The van der Waals surface area contributed by atoms with E-state index in [9.17, 15) is 9.59 Å². The van der Waals surface area contributed by atoms with E-state index in [1.54, 1.807) is 46.8 Å². The topological polar surface area (TPSA) is 59.5 Å². The molecule has 0 atom stereocenters. The van der Waals surface area contributed by atoms with E-state index in [2.05, 4.69) is 4.98 Å². The van der Waals surface area contributed by atoms with Crippen molar-refractivity contribution in [2.45, 2.75) is 24.1 Å². The number of amides is 1. The van der Waals surface area contributed by atoms with Gasteiger partial charge in [0.25, 0.3) is 5.91 Å². The highest BCUT2D eigenvalue weighted by molar-refractivity contribution is 7.98. The van der Waals surface area contributed by atoms with Crippen molar-refractivity contribution < 1.29 is 14.3 Å². The fourth-order valence-corrected chi connectivity index (χ4v) is 4.84. The van der Waals surface area contributed by atoms with E-state index >= 15 is 0 Å². The lowest BCUT2D eigenvalue weighted by Crippen LogP contribution is -2.30. The Morgan fingerprint density at radius 3 is 2.71 bits per heavy atom. The molecule has 0 saturated carbocycles. The number of thiazole rings is 1. The van der Waals surface area contributed by atoms with Crippen LogP contribution in [0.25, 0.3) is 0 Å². The van der Waals surface area contributed by atoms with Gasteiger partial charge in [-0.2, -0.15) is 0 Å². The lowest BCUT2D eigenvalue weighted by Gasteiger charge is -2.16. The summed E-state index contributed by atoms with van der Waals surface area (Å²) in [5, 5.41) is 5.01. The Labute approximate surface area is 176 Å². The second kappa shape index (κ2) is 9.86. The maximum absolute atomic E-state index is 12.5. The van der Waals surface area contributed by atoms with Gasteiger partial charge in [0, 0.05) is 28.0 Å². The molecule has 1 amide bonds. The van der Waals surface area contributed by atoms with Gasteiger partial charge in [0.05, 0.1) is 22.8 Å². The Hall–Kier alpha value is -2.16. The van der Waals surface area contributed by atoms with Crippen molar-refractivity contribution in [3.8, 4) is 0 Å². The number of benzene rings is 1. The molecule has 0 spiro atoms. The van der Waals surface area contributed by atoms with E-state index in [-0.39, 0.29) is 12.5 Å². The van der Waals surface area contributed by atoms with Crippen LogP contribution in [-0.4, -0.2) is 35.4 Å². The van der Waals surface area contributed by atoms with Crippen LogP contribution < -0.4 is 0 Å². The van der Waals surface area contributed by atoms with Gasteiger partial charge < -0.3 is 9.64 Å². The largest absolute Gasteiger partial charge is 0.452 e. The predicted octanol–water partition coefficient (Wildman–Crippen LogP) is 4.62. The number of likely N-dealkylation sites (N-methyl/N-ethyl adjacent to an activating group) is 1. The van der Waals surface area contributed by atoms with E-state index in [4.69, 9.17) is 4.74 Å². The molecule has 28 heavy (non-hydrogen) atoms. The van der Waals surface area contributed by atoms with Crippen molar-refractivity contribution >= 4 is 46.3 Å². The second-order valence-electron chi connectivity index (χ2n) is 6.05. The number of aromatic nitrogens is 1. The smallest absolute Gasteiger partial charge is 0.339 e. The molecule has 146 valence electrons. The molecule has 1 aromatic carbocycles. The maximum atomic E-state index is 12.5. The first-order chi connectivity index (χ1) is 13.5. The first-order valence-corrected chi connectivity index (χ1v) is 11.3. The molecule has 3 rings (SSSR count). The summed E-state index contributed by atoms with van der Waals surface area (Å²) in [6.45, 7) is 2.20. The lowest BCUT2D eigenvalue weighted by molar-refractivity contribution is -0.133. The number of nitrogens with zero attached hydrogens (tertiary/aromatic N) is 2. The molecule has 2 heterocycles. The third-order valence-electron chi connectivity index (χ3n) is 3.87. The number of ether oxygens (including phenoxy) is 1. The van der Waals surface area contributed by atoms with Crippen LogP contribution >= 0.6 is 34.4 Å². The fourth-order valence-electron chi connectivity index (χ4n) is 2.43. The van der Waals surface area contributed by atoms with Crippen LogP contribution in [0.5, 0.6) is 0 Å². The normalized spacial score (nSPS) is 10.6. The van der Waals surface area contributed by atoms with Crippen LogP contribution in [-0.2, 0) is 21.8 Å². The number of hydrogen-bond donors (Lipinski definition) is 0. The average molecular weight is 433 g/mol. The van der Waals surface area contributed by atoms with E-state index in [1.165, 1.54) is 11.8 Å². The molecule has 0 saturated heterocycles. The van der Waals surface area contributed by atoms with Crippen molar-refractivity contribution in [1.82, 2.24) is 9.88 Å². The SMILES string of the molecule is Cc1nc(CSc2ccccc2C(=O)OCC(=O)N(C)Cc2cccs2)cs1. The molecule has 0 aliphatic heterocycles. The summed E-state index contributed by atoms with van der Waals surface area (Å²) >= 11 is 4.73. The Morgan fingerprint density at radius 2 is 2.00 bits per heavy atom. The maximum Gasteiger partial charge on any atom is 0.339 e. The number of rotatable bonds is 8. The van der Waals surface area contributed by atoms with Crippen molar-refractivity contribution in [1.29, 1.82) is 0 Å². The minimum Gasteiger partial charge on any atom is -0.452 e. The number of carbonyl (C=O) groups is 2. The molecule has 0 unspecified atom stereocenters. The number of aryl methyl sites for hydroxylation is 1. The molecule has 0 bridgehead atoms. The summed E-state index contributed by atoms with van der Waals surface area (Å²) in [6.07, 6.45) is 0. The zero-order valence-electron chi connectivity index (χ0n) is 15.6. The van der Waals surface area contributed by atoms with Gasteiger partial charge in [-0.05, 0) is 30.5 Å². The summed E-state index contributed by atoms with van der Waals surface area (Å²) < 4.78 is 5.27. The molecule has 0 radical (unpaired) electrons. The minimum atomic E-state index is -0.490. The van der Waals surface area contributed by atoms with Gasteiger partial charge in [0.15, 0.2) is 6.61 Å². The van der Waals surface area contributed by atoms with Gasteiger partial charge >= 0.3 is 5.97 Å². The molecule has 0 N–H and O–H groups in total. The molecule has 3 aromatic rings. The van der Waals surface area contributed by atoms with Crippen LogP contribution in [0, 0.1) is 6.92 Å². The van der Waals surface area contributed by atoms with Gasteiger partial charge in [-0.1, -0.05) is 18.2 Å². The Balaban J connectivity index is 1.55. The summed E-state index contributed by atoms with van der Waals surface area (Å²) in [7, 11) is 1.70. The van der Waals surface area contributed by atoms with Crippen LogP contribution in [0.15, 0.2) is 52.1 Å². The molecular weight excluding hydrogens is 412 g/mol. The van der Waals surface area contributed by atoms with Gasteiger partial charge in [0.1, 0.15) is 0 Å². The number of thiophene rings is 1. The van der Waals surface area contributed by atoms with Gasteiger partial charge in [0.2, 0.25) is 0 Å². The van der Waals surface area contributed by atoms with Crippen molar-refractivity contribution in [3.05, 3.63) is 68.3 Å². The van der Waals surface area contributed by atoms with E-state index in [0.717, 1.165) is 20.5 Å². The minimum absolute atomic E-state index is 0.232. The van der Waals surface area contributed by atoms with Crippen molar-refractivity contribution in [3.63, 3.8) is 0 Å². The number of hydrogen-bond acceptors (Lipinski definition) is 7. The molecular formula is C20H20N2O3S3. The monoisotopic (exact) mass is 432 g/mol. The van der Waals surface area contributed by atoms with Gasteiger partial charge in [-0.3, -0.25) is 4.79 Å². The lowest BCUT2D eigenvalue weighted by atomic mass is 10.2. The van der Waals surface area contributed by atoms with Crippen LogP contribution in [0.3, 0.4) is 0 Å². The predicted molar refractivity (Wildman–Crippen MR) is 114 cm³/mol. The summed E-state index contributed by atoms with van der Waals surface area (Å²) in [4.78, 5) is 32.7. The number of carbonyl (C=O) groups excluding carboxylic acids is 2. The van der Waals surface area contributed by atoms with Crippen molar-refractivity contribution in [2.75, 3.05) is 13.7 Å². The zero-order valence-corrected chi connectivity index (χ0v) is 18.0. The zero-order chi connectivity index (χ0) is 19.9. The van der Waals surface area contributed by atoms with E-state index in [0.29, 0.717) is 17.9 Å². The highest BCUT2D eigenvalue weighted by Gasteiger charge is 2.17. The Bertz CT molecular complexity index is 938. The number of thioether (sulfide) groups is 1. The van der Waals surface area contributed by atoms with Gasteiger partial charge in [-0.15, -0.1) is 34.4 Å². The van der Waals surface area contributed by atoms with Crippen LogP contribution in [0.1, 0.15) is 25.9 Å². The molecule has 0 fully saturated rings. The Morgan fingerprint density at radius 1 is 1.18 bits per heavy atom. The first-order valence-electron chi connectivity index (χ1n) is 8.59. The molecule has 5 nitrogen and oxygen atoms in total. The summed E-state index contributed by atoms with van der Waals surface area (Å²) in [6, 6.07) is 11.2. The first kappa shape index (κ1) is 20.6. The van der Waals surface area contributed by atoms with Crippen molar-refractivity contribution in [2.24, 2.45) is 0 Å². The molecule has 0 aliphatic carbocycles. The highest BCUT2D eigenvalue weighted by Crippen LogP contribution is 2.27. The molecule has 8 heteroatoms. The van der Waals surface area contributed by atoms with E-state index < -0.39 is 5.97 Å². The van der Waals surface area contributed by atoms with Crippen LogP contribution in [0.4, 0.5) is 0 Å². The van der Waals surface area contributed by atoms with E-state index in [1.807, 2.05) is 41.9 Å². The third kappa shape index (κ3) is 5.67.